The van der Waals surface area contributed by atoms with Gasteiger partial charge in [-0.05, 0) is 96.1 Å². The Balaban J connectivity index is 0.922. The van der Waals surface area contributed by atoms with E-state index in [1.807, 2.05) is 22.7 Å². The van der Waals surface area contributed by atoms with Gasteiger partial charge in [0.1, 0.15) is 0 Å². The van der Waals surface area contributed by atoms with Gasteiger partial charge in [-0.3, -0.25) is 0 Å². The number of rotatable bonds is 6. The first-order valence-electron chi connectivity index (χ1n) is 25.1. The van der Waals surface area contributed by atoms with Crippen molar-refractivity contribution in [3.05, 3.63) is 242 Å². The number of hydrogen-bond donors (Lipinski definition) is 0. The van der Waals surface area contributed by atoms with E-state index in [-0.39, 0.29) is 0 Å². The molecular formula is C67H40N4S2. The molecule has 16 aromatic rings. The lowest BCUT2D eigenvalue weighted by atomic mass is 9.94. The zero-order valence-electron chi connectivity index (χ0n) is 39.3. The largest absolute Gasteiger partial charge is 0.309 e. The van der Waals surface area contributed by atoms with Crippen LogP contribution in [0, 0.1) is 0 Å². The van der Waals surface area contributed by atoms with Gasteiger partial charge >= 0.3 is 0 Å². The molecule has 1 aliphatic heterocycles. The molecule has 0 bridgehead atoms. The quantitative estimate of drug-likeness (QED) is 0.165. The van der Waals surface area contributed by atoms with E-state index in [0.717, 1.165) is 17.8 Å². The maximum atomic E-state index is 2.59. The van der Waals surface area contributed by atoms with Crippen molar-refractivity contribution in [2.45, 2.75) is 6.42 Å². The summed E-state index contributed by atoms with van der Waals surface area (Å²) < 4.78 is 10.3. The summed E-state index contributed by atoms with van der Waals surface area (Å²) in [6.07, 6.45) is 0.831. The third-order valence-corrected chi connectivity index (χ3v) is 18.2. The van der Waals surface area contributed by atoms with Crippen molar-refractivity contribution in [1.29, 1.82) is 0 Å². The van der Waals surface area contributed by atoms with Crippen LogP contribution < -0.4 is 9.80 Å². The fraction of sp³-hybridized carbons (Fsp3) is 0.0149. The molecule has 11 aromatic carbocycles. The molecule has 0 saturated carbocycles. The molecule has 0 aliphatic carbocycles. The summed E-state index contributed by atoms with van der Waals surface area (Å²) in [7, 11) is 0. The molecule has 0 saturated heterocycles. The third kappa shape index (κ3) is 5.38. The molecule has 73 heavy (non-hydrogen) atoms. The lowest BCUT2D eigenvalue weighted by Gasteiger charge is -2.28. The second kappa shape index (κ2) is 14.8. The van der Waals surface area contributed by atoms with Crippen LogP contribution in [0.1, 0.15) is 11.1 Å². The lowest BCUT2D eigenvalue weighted by molar-refractivity contribution is 1.05. The minimum Gasteiger partial charge on any atom is -0.309 e. The smallest absolute Gasteiger partial charge is 0.0641 e. The average Bonchev–Trinajstić information content (AvgIpc) is 4.27. The number of para-hydroxylation sites is 4. The van der Waals surface area contributed by atoms with Gasteiger partial charge in [0.2, 0.25) is 0 Å². The van der Waals surface area contributed by atoms with Gasteiger partial charge in [0, 0.05) is 81.1 Å². The third-order valence-electron chi connectivity index (χ3n) is 15.8. The molecule has 0 N–H and O–H groups in total. The van der Waals surface area contributed by atoms with E-state index in [9.17, 15) is 0 Å². The van der Waals surface area contributed by atoms with Crippen molar-refractivity contribution >= 4 is 157 Å². The van der Waals surface area contributed by atoms with Gasteiger partial charge in [-0.2, -0.15) is 0 Å². The monoisotopic (exact) mass is 964 g/mol. The molecule has 0 atom stereocenters. The molecule has 0 radical (unpaired) electrons. The number of anilines is 6. The zero-order chi connectivity index (χ0) is 47.5. The van der Waals surface area contributed by atoms with Gasteiger partial charge in [0.05, 0.1) is 65.4 Å². The maximum absolute atomic E-state index is 2.59. The number of fused-ring (bicyclic) bond motifs is 17. The predicted octanol–water partition coefficient (Wildman–Crippen LogP) is 19.5. The summed E-state index contributed by atoms with van der Waals surface area (Å²) in [4.78, 5) is 5.03. The van der Waals surface area contributed by atoms with E-state index >= 15 is 0 Å². The summed E-state index contributed by atoms with van der Waals surface area (Å²) in [5.41, 5.74) is 17.2. The first kappa shape index (κ1) is 39.7. The normalized spacial score (nSPS) is 12.6. The van der Waals surface area contributed by atoms with E-state index in [2.05, 4.69) is 249 Å². The molecule has 0 amide bonds. The number of nitrogens with zero attached hydrogens (tertiary/aromatic N) is 4. The van der Waals surface area contributed by atoms with Crippen LogP contribution in [-0.4, -0.2) is 8.97 Å². The molecule has 0 fully saturated rings. The first-order valence-corrected chi connectivity index (χ1v) is 26.7. The summed E-state index contributed by atoms with van der Waals surface area (Å²) in [6.45, 7) is 0. The van der Waals surface area contributed by atoms with Crippen LogP contribution in [-0.2, 0) is 6.42 Å². The van der Waals surface area contributed by atoms with Gasteiger partial charge in [0.15, 0.2) is 0 Å². The molecule has 5 aromatic heterocycles. The Morgan fingerprint density at radius 2 is 0.836 bits per heavy atom. The molecule has 6 heterocycles. The molecule has 6 heteroatoms. The van der Waals surface area contributed by atoms with Crippen molar-refractivity contribution in [2.75, 3.05) is 9.80 Å². The molecule has 4 nitrogen and oxygen atoms in total. The Hall–Kier alpha value is -8.94. The summed E-state index contributed by atoms with van der Waals surface area (Å²) in [5.74, 6) is 0. The highest BCUT2D eigenvalue weighted by molar-refractivity contribution is 7.26. The van der Waals surface area contributed by atoms with Crippen LogP contribution in [0.5, 0.6) is 0 Å². The van der Waals surface area contributed by atoms with Crippen molar-refractivity contribution in [2.24, 2.45) is 0 Å². The highest BCUT2D eigenvalue weighted by Gasteiger charge is 2.31. The van der Waals surface area contributed by atoms with Crippen LogP contribution in [0.15, 0.2) is 231 Å². The second-order valence-electron chi connectivity index (χ2n) is 19.5. The van der Waals surface area contributed by atoms with Gasteiger partial charge in [-0.15, -0.1) is 22.7 Å². The fourth-order valence-corrected chi connectivity index (χ4v) is 15.2. The Morgan fingerprint density at radius 1 is 0.329 bits per heavy atom. The van der Waals surface area contributed by atoms with Gasteiger partial charge < -0.3 is 18.8 Å². The SMILES string of the molecule is c1ccc(N(c2cccc3c2sc2ccccc23)c2ccc3c4c2c2ccccc2n4-c2cc4c5ccc(N(c6ccccc6)c6cccc7c6sc6ccccc67)c6c7ccccc7n(c4cc2C3)c56)cc1. The van der Waals surface area contributed by atoms with Crippen LogP contribution in [0.25, 0.3) is 106 Å². The van der Waals surface area contributed by atoms with E-state index < -0.39 is 0 Å². The van der Waals surface area contributed by atoms with Crippen molar-refractivity contribution in [3.63, 3.8) is 0 Å². The summed E-state index contributed by atoms with van der Waals surface area (Å²) >= 11 is 3.77. The summed E-state index contributed by atoms with van der Waals surface area (Å²) in [6, 6.07) is 85.9. The molecular weight excluding hydrogens is 925 g/mol. The van der Waals surface area contributed by atoms with E-state index in [4.69, 9.17) is 0 Å². The Kier molecular flexibility index (Phi) is 8.06. The Morgan fingerprint density at radius 3 is 1.47 bits per heavy atom. The standard InChI is InChI=1S/C67H40N4S2/c1-3-17-42(18-4-1)68(56-29-15-25-47-44-21-9-13-31-60(44)72-66(47)56)54-35-33-40-37-41-38-59-51(39-58(41)70-52-27-11-7-23-49(52)62(54)64(40)70)46-34-36-55(63-50-24-8-12-28-53(50)71(59)65(46)63)69(43-19-5-2-6-20-43)57-30-16-26-48-45-22-10-14-32-61(45)73-67(48)57/h1-36,38-39H,37H2. The minimum atomic E-state index is 0.831. The average molecular weight is 965 g/mol. The van der Waals surface area contributed by atoms with Crippen molar-refractivity contribution in [1.82, 2.24) is 8.97 Å². The molecule has 0 spiro atoms. The maximum Gasteiger partial charge on any atom is 0.0641 e. The van der Waals surface area contributed by atoms with Crippen molar-refractivity contribution < 1.29 is 0 Å². The highest BCUT2D eigenvalue weighted by atomic mass is 32.1. The van der Waals surface area contributed by atoms with Gasteiger partial charge in [0.25, 0.3) is 0 Å². The molecule has 0 unspecified atom stereocenters. The number of hydrogen-bond acceptors (Lipinski definition) is 4. The second-order valence-corrected chi connectivity index (χ2v) is 21.7. The van der Waals surface area contributed by atoms with E-state index in [1.54, 1.807) is 0 Å². The molecule has 340 valence electrons. The fourth-order valence-electron chi connectivity index (χ4n) is 12.8. The highest BCUT2D eigenvalue weighted by Crippen LogP contribution is 2.53. The molecule has 1 aliphatic rings. The van der Waals surface area contributed by atoms with Crippen LogP contribution in [0.3, 0.4) is 0 Å². The topological polar surface area (TPSA) is 15.8 Å². The van der Waals surface area contributed by atoms with Crippen LogP contribution >= 0.6 is 22.7 Å². The van der Waals surface area contributed by atoms with Crippen molar-refractivity contribution in [3.8, 4) is 5.69 Å². The summed E-state index contributed by atoms with van der Waals surface area (Å²) in [5, 5.41) is 12.8. The predicted molar refractivity (Wildman–Crippen MR) is 313 cm³/mol. The number of thiophene rings is 2. The van der Waals surface area contributed by atoms with Gasteiger partial charge in [-0.25, -0.2) is 0 Å². The lowest BCUT2D eigenvalue weighted by Crippen LogP contribution is -2.12. The first-order chi connectivity index (χ1) is 36.2. The molecule has 17 rings (SSSR count). The van der Waals surface area contributed by atoms with Crippen LogP contribution in [0.2, 0.25) is 0 Å². The van der Waals surface area contributed by atoms with Gasteiger partial charge in [-0.1, -0.05) is 146 Å². The number of benzene rings is 11. The Labute approximate surface area is 427 Å². The van der Waals surface area contributed by atoms with E-state index in [0.29, 0.717) is 0 Å². The Bertz CT molecular complexity index is 4960. The number of aromatic nitrogens is 2. The zero-order valence-corrected chi connectivity index (χ0v) is 40.9. The van der Waals surface area contributed by atoms with E-state index in [1.165, 1.54) is 140 Å². The van der Waals surface area contributed by atoms with Crippen LogP contribution in [0.4, 0.5) is 34.1 Å². The minimum absolute atomic E-state index is 0.831.